The molecule has 1 heteroatoms. The molecule has 5 atom stereocenters. The van der Waals surface area contributed by atoms with E-state index in [0.717, 1.165) is 35.5 Å². The van der Waals surface area contributed by atoms with Crippen LogP contribution in [0.5, 0.6) is 0 Å². The summed E-state index contributed by atoms with van der Waals surface area (Å²) in [4.78, 5) is 0. The molecular formula is C20H39N. The van der Waals surface area contributed by atoms with Crippen LogP contribution in [-0.2, 0) is 0 Å². The summed E-state index contributed by atoms with van der Waals surface area (Å²) >= 11 is 0. The molecule has 0 radical (unpaired) electrons. The van der Waals surface area contributed by atoms with Gasteiger partial charge in [0.15, 0.2) is 0 Å². The van der Waals surface area contributed by atoms with Crippen molar-refractivity contribution in [1.29, 1.82) is 0 Å². The van der Waals surface area contributed by atoms with Crippen molar-refractivity contribution >= 4 is 0 Å². The third-order valence-corrected chi connectivity index (χ3v) is 6.34. The summed E-state index contributed by atoms with van der Waals surface area (Å²) in [6, 6.07) is 0.638. The lowest BCUT2D eigenvalue weighted by Gasteiger charge is -2.44. The van der Waals surface area contributed by atoms with E-state index < -0.39 is 0 Å². The summed E-state index contributed by atoms with van der Waals surface area (Å²) in [5.74, 6) is 5.88. The van der Waals surface area contributed by atoms with E-state index in [-0.39, 0.29) is 0 Å². The van der Waals surface area contributed by atoms with Gasteiger partial charge in [-0.1, -0.05) is 47.5 Å². The van der Waals surface area contributed by atoms with Crippen molar-refractivity contribution in [2.75, 3.05) is 6.54 Å². The van der Waals surface area contributed by atoms with Crippen LogP contribution in [0.25, 0.3) is 0 Å². The molecule has 0 aromatic carbocycles. The summed E-state index contributed by atoms with van der Waals surface area (Å²) in [5.41, 5.74) is 0. The van der Waals surface area contributed by atoms with Crippen LogP contribution in [0.4, 0.5) is 0 Å². The Hall–Kier alpha value is -0.0400. The normalized spacial score (nSPS) is 41.4. The van der Waals surface area contributed by atoms with E-state index in [0.29, 0.717) is 6.04 Å². The first-order chi connectivity index (χ1) is 9.99. The Bertz CT molecular complexity index is 288. The first-order valence-corrected chi connectivity index (χ1v) is 9.72. The molecule has 0 aromatic heterocycles. The van der Waals surface area contributed by atoms with E-state index >= 15 is 0 Å². The fourth-order valence-corrected chi connectivity index (χ4v) is 5.31. The quantitative estimate of drug-likeness (QED) is 0.706. The predicted octanol–water partition coefficient (Wildman–Crippen LogP) is 5.50. The molecule has 2 saturated carbocycles. The summed E-state index contributed by atoms with van der Waals surface area (Å²) in [7, 11) is 0. The minimum absolute atomic E-state index is 0.638. The molecule has 1 N–H and O–H groups in total. The van der Waals surface area contributed by atoms with Crippen LogP contribution in [0.2, 0.25) is 0 Å². The maximum Gasteiger partial charge on any atom is 0.00104 e. The monoisotopic (exact) mass is 293 g/mol. The Labute approximate surface area is 133 Å². The van der Waals surface area contributed by atoms with Gasteiger partial charge in [0.2, 0.25) is 0 Å². The zero-order valence-electron chi connectivity index (χ0n) is 15.2. The molecule has 0 heterocycles. The lowest BCUT2D eigenvalue weighted by Crippen LogP contribution is -2.40. The van der Waals surface area contributed by atoms with Crippen molar-refractivity contribution in [2.24, 2.45) is 35.5 Å². The van der Waals surface area contributed by atoms with Crippen molar-refractivity contribution in [3.63, 3.8) is 0 Å². The van der Waals surface area contributed by atoms with Crippen LogP contribution in [0.15, 0.2) is 0 Å². The maximum atomic E-state index is 3.74. The number of hydrogen-bond acceptors (Lipinski definition) is 1. The highest BCUT2D eigenvalue weighted by Crippen LogP contribution is 2.46. The second kappa shape index (κ2) is 7.99. The van der Waals surface area contributed by atoms with E-state index in [1.807, 2.05) is 0 Å². The van der Waals surface area contributed by atoms with Crippen molar-refractivity contribution in [1.82, 2.24) is 5.32 Å². The highest BCUT2D eigenvalue weighted by molar-refractivity contribution is 4.89. The van der Waals surface area contributed by atoms with Crippen LogP contribution in [0.1, 0.15) is 79.6 Å². The molecule has 1 nitrogen and oxygen atoms in total. The number of hydrogen-bond donors (Lipinski definition) is 1. The van der Waals surface area contributed by atoms with Gasteiger partial charge in [-0.05, 0) is 74.2 Å². The lowest BCUT2D eigenvalue weighted by molar-refractivity contribution is 0.0641. The summed E-state index contributed by atoms with van der Waals surface area (Å²) in [6.45, 7) is 13.2. The molecule has 0 saturated heterocycles. The van der Waals surface area contributed by atoms with Gasteiger partial charge < -0.3 is 5.32 Å². The molecule has 0 spiro atoms. The Morgan fingerprint density at radius 3 is 2.19 bits per heavy atom. The summed E-state index contributed by atoms with van der Waals surface area (Å²) < 4.78 is 0. The Morgan fingerprint density at radius 2 is 1.62 bits per heavy atom. The van der Waals surface area contributed by atoms with Crippen LogP contribution in [0, 0.1) is 35.5 Å². The first-order valence-electron chi connectivity index (χ1n) is 9.72. The van der Waals surface area contributed by atoms with Crippen molar-refractivity contribution in [3.05, 3.63) is 0 Å². The molecule has 2 aliphatic carbocycles. The Morgan fingerprint density at radius 1 is 0.952 bits per heavy atom. The van der Waals surface area contributed by atoms with Crippen LogP contribution >= 0.6 is 0 Å². The van der Waals surface area contributed by atoms with Gasteiger partial charge in [0.25, 0.3) is 0 Å². The second-order valence-electron chi connectivity index (χ2n) is 8.75. The van der Waals surface area contributed by atoms with E-state index in [1.165, 1.54) is 51.5 Å². The molecule has 0 bridgehead atoms. The lowest BCUT2D eigenvalue weighted by atomic mass is 9.62. The average Bonchev–Trinajstić information content (AvgIpc) is 2.43. The summed E-state index contributed by atoms with van der Waals surface area (Å²) in [6.07, 6.45) is 10.4. The molecule has 0 amide bonds. The smallest absolute Gasteiger partial charge is 0.00104 e. The zero-order chi connectivity index (χ0) is 15.4. The number of nitrogens with one attached hydrogen (secondary N) is 1. The molecule has 21 heavy (non-hydrogen) atoms. The fourth-order valence-electron chi connectivity index (χ4n) is 5.31. The van der Waals surface area contributed by atoms with Gasteiger partial charge in [-0.3, -0.25) is 0 Å². The van der Waals surface area contributed by atoms with Gasteiger partial charge in [0.05, 0.1) is 0 Å². The van der Waals surface area contributed by atoms with Gasteiger partial charge >= 0.3 is 0 Å². The van der Waals surface area contributed by atoms with E-state index in [9.17, 15) is 0 Å². The van der Waals surface area contributed by atoms with E-state index in [1.54, 1.807) is 0 Å². The van der Waals surface area contributed by atoms with Gasteiger partial charge in [-0.25, -0.2) is 0 Å². The predicted molar refractivity (Wildman–Crippen MR) is 93.4 cm³/mol. The standard InChI is InChI=1S/C20H39N/c1-6-17-7-8-18(13-21-14(2)3)20(12-17)19-10-15(4)9-16(5)11-19/h14-21H,6-13H2,1-5H3. The van der Waals surface area contributed by atoms with Crippen molar-refractivity contribution in [2.45, 2.75) is 85.6 Å². The third kappa shape index (κ3) is 4.98. The fraction of sp³-hybridized carbons (Fsp3) is 1.00. The maximum absolute atomic E-state index is 3.74. The molecule has 0 aromatic rings. The molecule has 2 rings (SSSR count). The zero-order valence-corrected chi connectivity index (χ0v) is 15.2. The van der Waals surface area contributed by atoms with Crippen molar-refractivity contribution < 1.29 is 0 Å². The van der Waals surface area contributed by atoms with Crippen LogP contribution in [0.3, 0.4) is 0 Å². The van der Waals surface area contributed by atoms with Gasteiger partial charge in [0, 0.05) is 6.04 Å². The molecule has 124 valence electrons. The van der Waals surface area contributed by atoms with Crippen LogP contribution in [-0.4, -0.2) is 12.6 Å². The molecule has 2 aliphatic rings. The van der Waals surface area contributed by atoms with Crippen LogP contribution < -0.4 is 5.32 Å². The Kier molecular flexibility index (Phi) is 6.59. The summed E-state index contributed by atoms with van der Waals surface area (Å²) in [5, 5.41) is 3.74. The largest absolute Gasteiger partial charge is 0.314 e. The highest BCUT2D eigenvalue weighted by Gasteiger charge is 2.37. The molecular weight excluding hydrogens is 254 g/mol. The first kappa shape index (κ1) is 17.3. The minimum atomic E-state index is 0.638. The SMILES string of the molecule is CCC1CCC(CNC(C)C)C(C2CC(C)CC(C)C2)C1. The van der Waals surface area contributed by atoms with E-state index in [2.05, 4.69) is 39.9 Å². The second-order valence-corrected chi connectivity index (χ2v) is 8.75. The van der Waals surface area contributed by atoms with Crippen molar-refractivity contribution in [3.8, 4) is 0 Å². The minimum Gasteiger partial charge on any atom is -0.314 e. The average molecular weight is 294 g/mol. The number of rotatable bonds is 5. The molecule has 0 aliphatic heterocycles. The van der Waals surface area contributed by atoms with Gasteiger partial charge in [-0.2, -0.15) is 0 Å². The van der Waals surface area contributed by atoms with E-state index in [4.69, 9.17) is 0 Å². The Balaban J connectivity index is 2.01. The molecule has 2 fully saturated rings. The third-order valence-electron chi connectivity index (χ3n) is 6.34. The van der Waals surface area contributed by atoms with Gasteiger partial charge in [0.1, 0.15) is 0 Å². The topological polar surface area (TPSA) is 12.0 Å². The highest BCUT2D eigenvalue weighted by atomic mass is 14.9. The van der Waals surface area contributed by atoms with Gasteiger partial charge in [-0.15, -0.1) is 0 Å². The molecule has 5 unspecified atom stereocenters.